The summed E-state index contributed by atoms with van der Waals surface area (Å²) in [5, 5.41) is 3.04. The van der Waals surface area contributed by atoms with Crippen molar-refractivity contribution >= 4 is 11.3 Å². The first kappa shape index (κ1) is 8.64. The third kappa shape index (κ3) is 2.96. The Morgan fingerprint density at radius 3 is 3.09 bits per heavy atom. The quantitative estimate of drug-likeness (QED) is 0.687. The molecule has 1 aromatic rings. The van der Waals surface area contributed by atoms with Crippen LogP contribution in [0.5, 0.6) is 0 Å². The molecule has 11 heavy (non-hydrogen) atoms. The van der Waals surface area contributed by atoms with Crippen LogP contribution in [-0.4, -0.2) is 18.1 Å². The summed E-state index contributed by atoms with van der Waals surface area (Å²) in [6, 6.07) is 0. The Balaban J connectivity index is 2.27. The Bertz CT molecular complexity index is 212. The molecule has 0 unspecified atom stereocenters. The van der Waals surface area contributed by atoms with Gasteiger partial charge in [0.2, 0.25) is 0 Å². The van der Waals surface area contributed by atoms with Crippen LogP contribution in [0.15, 0.2) is 5.38 Å². The molecule has 1 rings (SSSR count). The minimum absolute atomic E-state index is 0.574. The number of thiazole rings is 1. The van der Waals surface area contributed by atoms with E-state index in [0.717, 1.165) is 10.7 Å². The number of nitrogens with two attached hydrogens (primary N) is 1. The Morgan fingerprint density at radius 1 is 1.73 bits per heavy atom. The summed E-state index contributed by atoms with van der Waals surface area (Å²) in [5.41, 5.74) is 6.31. The van der Waals surface area contributed by atoms with Crippen LogP contribution < -0.4 is 5.73 Å². The summed E-state index contributed by atoms with van der Waals surface area (Å²) in [7, 11) is 0. The summed E-state index contributed by atoms with van der Waals surface area (Å²) in [6.07, 6.45) is 0. The molecule has 0 amide bonds. The van der Waals surface area contributed by atoms with Gasteiger partial charge in [-0.05, 0) is 6.92 Å². The van der Waals surface area contributed by atoms with Gasteiger partial charge in [0.25, 0.3) is 0 Å². The molecule has 3 nitrogen and oxygen atoms in total. The zero-order valence-electron chi connectivity index (χ0n) is 6.54. The molecule has 62 valence electrons. The van der Waals surface area contributed by atoms with Crippen molar-refractivity contribution in [1.82, 2.24) is 4.98 Å². The molecular formula is C7H12N2OS. The molecular weight excluding hydrogens is 160 g/mol. The van der Waals surface area contributed by atoms with Crippen LogP contribution in [0.1, 0.15) is 10.7 Å². The molecule has 0 aromatic carbocycles. The molecule has 1 aromatic heterocycles. The first-order valence-corrected chi connectivity index (χ1v) is 4.39. The maximum atomic E-state index is 5.26. The smallest absolute Gasteiger partial charge is 0.119 e. The molecule has 0 aliphatic heterocycles. The number of ether oxygens (including phenoxy) is 1. The lowest BCUT2D eigenvalue weighted by molar-refractivity contribution is 0.128. The average Bonchev–Trinajstić information content (AvgIpc) is 2.37. The van der Waals surface area contributed by atoms with E-state index in [0.29, 0.717) is 19.8 Å². The second-order valence-electron chi connectivity index (χ2n) is 2.22. The van der Waals surface area contributed by atoms with Crippen molar-refractivity contribution in [3.63, 3.8) is 0 Å². The lowest BCUT2D eigenvalue weighted by Gasteiger charge is -1.96. The van der Waals surface area contributed by atoms with Crippen LogP contribution in [0.2, 0.25) is 0 Å². The first-order valence-electron chi connectivity index (χ1n) is 3.51. The van der Waals surface area contributed by atoms with Gasteiger partial charge in [-0.3, -0.25) is 0 Å². The van der Waals surface area contributed by atoms with Crippen molar-refractivity contribution in [2.75, 3.05) is 13.2 Å². The Morgan fingerprint density at radius 2 is 2.55 bits per heavy atom. The average molecular weight is 172 g/mol. The molecule has 0 saturated carbocycles. The standard InChI is InChI=1S/C7H12N2OS/c1-6-5-11-7(9-6)4-10-3-2-8/h5H,2-4,8H2,1H3. The van der Waals surface area contributed by atoms with E-state index in [9.17, 15) is 0 Å². The number of aryl methyl sites for hydroxylation is 1. The molecule has 0 fully saturated rings. The molecule has 0 saturated heterocycles. The van der Waals surface area contributed by atoms with Gasteiger partial charge < -0.3 is 10.5 Å². The normalized spacial score (nSPS) is 10.4. The molecule has 0 aliphatic rings. The van der Waals surface area contributed by atoms with Gasteiger partial charge in [0.05, 0.1) is 13.2 Å². The summed E-state index contributed by atoms with van der Waals surface area (Å²) < 4.78 is 5.21. The van der Waals surface area contributed by atoms with E-state index < -0.39 is 0 Å². The number of nitrogens with zero attached hydrogens (tertiary/aromatic N) is 1. The van der Waals surface area contributed by atoms with Gasteiger partial charge in [-0.1, -0.05) is 0 Å². The van der Waals surface area contributed by atoms with Crippen LogP contribution >= 0.6 is 11.3 Å². The van der Waals surface area contributed by atoms with E-state index >= 15 is 0 Å². The molecule has 0 radical (unpaired) electrons. The van der Waals surface area contributed by atoms with Crippen molar-refractivity contribution in [2.24, 2.45) is 5.73 Å². The molecule has 0 atom stereocenters. The predicted octanol–water partition coefficient (Wildman–Crippen LogP) is 0.927. The van der Waals surface area contributed by atoms with E-state index in [2.05, 4.69) is 4.98 Å². The highest BCUT2D eigenvalue weighted by atomic mass is 32.1. The highest BCUT2D eigenvalue weighted by Crippen LogP contribution is 2.09. The fourth-order valence-corrected chi connectivity index (χ4v) is 1.42. The minimum Gasteiger partial charge on any atom is -0.373 e. The van der Waals surface area contributed by atoms with E-state index in [1.807, 2.05) is 12.3 Å². The second-order valence-corrected chi connectivity index (χ2v) is 3.17. The van der Waals surface area contributed by atoms with Gasteiger partial charge in [-0.15, -0.1) is 11.3 Å². The highest BCUT2D eigenvalue weighted by molar-refractivity contribution is 7.09. The number of hydrogen-bond acceptors (Lipinski definition) is 4. The van der Waals surface area contributed by atoms with Crippen molar-refractivity contribution in [3.8, 4) is 0 Å². The minimum atomic E-state index is 0.574. The van der Waals surface area contributed by atoms with Gasteiger partial charge in [-0.25, -0.2) is 4.98 Å². The molecule has 0 spiro atoms. The van der Waals surface area contributed by atoms with Crippen LogP contribution in [0.4, 0.5) is 0 Å². The maximum absolute atomic E-state index is 5.26. The molecule has 2 N–H and O–H groups in total. The highest BCUT2D eigenvalue weighted by Gasteiger charge is 1.96. The third-order valence-electron chi connectivity index (χ3n) is 1.15. The van der Waals surface area contributed by atoms with Crippen LogP contribution in [0.25, 0.3) is 0 Å². The molecule has 0 bridgehead atoms. The summed E-state index contributed by atoms with van der Waals surface area (Å²) in [5.74, 6) is 0. The van der Waals surface area contributed by atoms with Crippen LogP contribution in [0, 0.1) is 6.92 Å². The molecule has 4 heteroatoms. The van der Waals surface area contributed by atoms with Gasteiger partial charge in [0.15, 0.2) is 0 Å². The summed E-state index contributed by atoms with van der Waals surface area (Å²) in [6.45, 7) is 3.75. The second kappa shape index (κ2) is 4.43. The fraction of sp³-hybridized carbons (Fsp3) is 0.571. The number of rotatable bonds is 4. The van der Waals surface area contributed by atoms with E-state index in [1.165, 1.54) is 0 Å². The zero-order valence-corrected chi connectivity index (χ0v) is 7.36. The number of hydrogen-bond donors (Lipinski definition) is 1. The SMILES string of the molecule is Cc1csc(COCCN)n1. The largest absolute Gasteiger partial charge is 0.373 e. The zero-order chi connectivity index (χ0) is 8.10. The van der Waals surface area contributed by atoms with E-state index in [4.69, 9.17) is 10.5 Å². The van der Waals surface area contributed by atoms with E-state index in [-0.39, 0.29) is 0 Å². The van der Waals surface area contributed by atoms with Gasteiger partial charge >= 0.3 is 0 Å². The predicted molar refractivity (Wildman–Crippen MR) is 45.6 cm³/mol. The van der Waals surface area contributed by atoms with Gasteiger partial charge in [0.1, 0.15) is 5.01 Å². The lowest BCUT2D eigenvalue weighted by atomic mass is 10.6. The van der Waals surface area contributed by atoms with Gasteiger partial charge in [-0.2, -0.15) is 0 Å². The van der Waals surface area contributed by atoms with Crippen molar-refractivity contribution in [1.29, 1.82) is 0 Å². The topological polar surface area (TPSA) is 48.1 Å². The monoisotopic (exact) mass is 172 g/mol. The maximum Gasteiger partial charge on any atom is 0.119 e. The van der Waals surface area contributed by atoms with Crippen LogP contribution in [-0.2, 0) is 11.3 Å². The lowest BCUT2D eigenvalue weighted by Crippen LogP contribution is -2.07. The number of aromatic nitrogens is 1. The summed E-state index contributed by atoms with van der Waals surface area (Å²) >= 11 is 1.62. The molecule has 1 heterocycles. The van der Waals surface area contributed by atoms with Gasteiger partial charge in [0, 0.05) is 17.6 Å². The van der Waals surface area contributed by atoms with Crippen LogP contribution in [0.3, 0.4) is 0 Å². The summed E-state index contributed by atoms with van der Waals surface area (Å²) in [4.78, 5) is 4.24. The third-order valence-corrected chi connectivity index (χ3v) is 2.09. The first-order chi connectivity index (χ1) is 5.33. The Hall–Kier alpha value is -0.450. The van der Waals surface area contributed by atoms with E-state index in [1.54, 1.807) is 11.3 Å². The van der Waals surface area contributed by atoms with Crippen molar-refractivity contribution in [3.05, 3.63) is 16.1 Å². The van der Waals surface area contributed by atoms with Crippen molar-refractivity contribution in [2.45, 2.75) is 13.5 Å². The molecule has 0 aliphatic carbocycles. The van der Waals surface area contributed by atoms with Crippen molar-refractivity contribution < 1.29 is 4.74 Å². The Kier molecular flexibility index (Phi) is 3.48. The Labute approximate surface area is 70.2 Å². The fourth-order valence-electron chi connectivity index (χ4n) is 0.712.